The standard InChI is InChI=1S/C21H20N2O4/c24-13-14-11-17(15-5-2-1-3-6-15)16-8-10-22(19(16)12-14)20(25)18-7-4-9-23(18)21(26)27/h1-3,5-6,11-13,18H,4,7-10H2,(H,26,27)/t18-/m0/s1. The minimum absolute atomic E-state index is 0.198. The first-order valence-electron chi connectivity index (χ1n) is 9.08. The molecular formula is C21H20N2O4. The summed E-state index contributed by atoms with van der Waals surface area (Å²) >= 11 is 0. The average Bonchev–Trinajstić information content (AvgIpc) is 3.34. The van der Waals surface area contributed by atoms with E-state index in [4.69, 9.17) is 0 Å². The molecule has 1 atom stereocenters. The lowest BCUT2D eigenvalue weighted by molar-refractivity contribution is -0.122. The number of hydrogen-bond acceptors (Lipinski definition) is 3. The molecule has 138 valence electrons. The monoisotopic (exact) mass is 364 g/mol. The van der Waals surface area contributed by atoms with Crippen molar-refractivity contribution in [2.75, 3.05) is 18.0 Å². The van der Waals surface area contributed by atoms with Crippen LogP contribution in [0, 0.1) is 0 Å². The molecule has 4 rings (SSSR count). The van der Waals surface area contributed by atoms with Crippen molar-refractivity contribution in [3.63, 3.8) is 0 Å². The van der Waals surface area contributed by atoms with Gasteiger partial charge in [0.15, 0.2) is 0 Å². The van der Waals surface area contributed by atoms with Gasteiger partial charge in [0.05, 0.1) is 0 Å². The maximum Gasteiger partial charge on any atom is 0.407 e. The molecule has 1 saturated heterocycles. The van der Waals surface area contributed by atoms with Crippen LogP contribution < -0.4 is 4.90 Å². The van der Waals surface area contributed by atoms with Gasteiger partial charge in [0.2, 0.25) is 5.91 Å². The molecule has 6 nitrogen and oxygen atoms in total. The average molecular weight is 364 g/mol. The molecule has 2 aliphatic heterocycles. The Morgan fingerprint density at radius 2 is 1.89 bits per heavy atom. The van der Waals surface area contributed by atoms with Gasteiger partial charge in [-0.3, -0.25) is 14.5 Å². The molecule has 0 saturated carbocycles. The first kappa shape index (κ1) is 17.3. The van der Waals surface area contributed by atoms with Gasteiger partial charge < -0.3 is 10.0 Å². The predicted octanol–water partition coefficient (Wildman–Crippen LogP) is 3.20. The maximum absolute atomic E-state index is 13.1. The van der Waals surface area contributed by atoms with Crippen LogP contribution in [-0.4, -0.2) is 47.4 Å². The molecule has 27 heavy (non-hydrogen) atoms. The second-order valence-corrected chi connectivity index (χ2v) is 6.92. The zero-order valence-corrected chi connectivity index (χ0v) is 14.8. The van der Waals surface area contributed by atoms with Crippen molar-refractivity contribution in [2.45, 2.75) is 25.3 Å². The smallest absolute Gasteiger partial charge is 0.407 e. The molecule has 0 aromatic heterocycles. The zero-order chi connectivity index (χ0) is 19.0. The molecule has 6 heteroatoms. The van der Waals surface area contributed by atoms with Crippen LogP contribution in [-0.2, 0) is 11.2 Å². The van der Waals surface area contributed by atoms with Crippen LogP contribution in [0.2, 0.25) is 0 Å². The lowest BCUT2D eigenvalue weighted by Crippen LogP contribution is -2.47. The van der Waals surface area contributed by atoms with E-state index >= 15 is 0 Å². The van der Waals surface area contributed by atoms with Crippen molar-refractivity contribution >= 4 is 24.0 Å². The summed E-state index contributed by atoms with van der Waals surface area (Å²) in [7, 11) is 0. The Morgan fingerprint density at radius 1 is 1.11 bits per heavy atom. The summed E-state index contributed by atoms with van der Waals surface area (Å²) in [6.07, 6.45) is 1.64. The number of hydrogen-bond donors (Lipinski definition) is 1. The maximum atomic E-state index is 13.1. The van der Waals surface area contributed by atoms with Crippen molar-refractivity contribution in [1.82, 2.24) is 4.90 Å². The number of amides is 2. The lowest BCUT2D eigenvalue weighted by Gasteiger charge is -2.26. The van der Waals surface area contributed by atoms with Gasteiger partial charge in [0.1, 0.15) is 12.3 Å². The van der Waals surface area contributed by atoms with Crippen molar-refractivity contribution in [1.29, 1.82) is 0 Å². The molecule has 1 fully saturated rings. The number of likely N-dealkylation sites (tertiary alicyclic amines) is 1. The van der Waals surface area contributed by atoms with Crippen LogP contribution in [0.5, 0.6) is 0 Å². The lowest BCUT2D eigenvalue weighted by atomic mass is 9.95. The number of nitrogens with zero attached hydrogens (tertiary/aromatic N) is 2. The first-order chi connectivity index (χ1) is 13.1. The fourth-order valence-electron chi connectivity index (χ4n) is 4.13. The van der Waals surface area contributed by atoms with Crippen LogP contribution in [0.1, 0.15) is 28.8 Å². The molecule has 0 bridgehead atoms. The Balaban J connectivity index is 1.74. The third-order valence-electron chi connectivity index (χ3n) is 5.40. The van der Waals surface area contributed by atoms with Gasteiger partial charge in [-0.15, -0.1) is 0 Å². The van der Waals surface area contributed by atoms with Gasteiger partial charge in [-0.1, -0.05) is 30.3 Å². The SMILES string of the molecule is O=Cc1cc(-c2ccccc2)c2c(c1)N(C(=O)[C@@H]1CCCN1C(=O)O)CC2. The zero-order valence-electron chi connectivity index (χ0n) is 14.8. The molecule has 0 radical (unpaired) electrons. The van der Waals surface area contributed by atoms with Crippen molar-refractivity contribution in [3.8, 4) is 11.1 Å². The van der Waals surface area contributed by atoms with Crippen LogP contribution in [0.3, 0.4) is 0 Å². The molecule has 2 aromatic carbocycles. The Hall–Kier alpha value is -3.15. The summed E-state index contributed by atoms with van der Waals surface area (Å²) in [6, 6.07) is 12.7. The molecule has 0 aliphatic carbocycles. The summed E-state index contributed by atoms with van der Waals surface area (Å²) in [5.74, 6) is -0.198. The Bertz CT molecular complexity index is 910. The molecule has 2 amide bonds. The molecule has 2 aliphatic rings. The number of rotatable bonds is 3. The fourth-order valence-corrected chi connectivity index (χ4v) is 4.13. The minimum atomic E-state index is -1.06. The van der Waals surface area contributed by atoms with E-state index in [0.717, 1.165) is 28.7 Å². The van der Waals surface area contributed by atoms with Gasteiger partial charge in [0, 0.05) is 24.3 Å². The topological polar surface area (TPSA) is 77.9 Å². The summed E-state index contributed by atoms with van der Waals surface area (Å²) in [5, 5.41) is 9.35. The Morgan fingerprint density at radius 3 is 2.59 bits per heavy atom. The number of anilines is 1. The summed E-state index contributed by atoms with van der Waals surface area (Å²) in [6.45, 7) is 0.885. The molecule has 2 aromatic rings. The summed E-state index contributed by atoms with van der Waals surface area (Å²) in [4.78, 5) is 38.9. The van der Waals surface area contributed by atoms with Crippen molar-refractivity contribution in [3.05, 3.63) is 53.6 Å². The highest BCUT2D eigenvalue weighted by atomic mass is 16.4. The van der Waals surface area contributed by atoms with Crippen LogP contribution in [0.25, 0.3) is 11.1 Å². The van der Waals surface area contributed by atoms with E-state index < -0.39 is 12.1 Å². The Labute approximate surface area is 157 Å². The number of carbonyl (C=O) groups is 3. The quantitative estimate of drug-likeness (QED) is 0.849. The van der Waals surface area contributed by atoms with Crippen LogP contribution >= 0.6 is 0 Å². The molecule has 0 spiro atoms. The second kappa shape index (κ2) is 6.87. The summed E-state index contributed by atoms with van der Waals surface area (Å²) in [5.41, 5.74) is 4.21. The highest BCUT2D eigenvalue weighted by molar-refractivity contribution is 6.02. The number of fused-ring (bicyclic) bond motifs is 1. The third-order valence-corrected chi connectivity index (χ3v) is 5.40. The molecular weight excluding hydrogens is 344 g/mol. The van der Waals surface area contributed by atoms with Crippen molar-refractivity contribution < 1.29 is 19.5 Å². The number of carbonyl (C=O) groups excluding carboxylic acids is 2. The highest BCUT2D eigenvalue weighted by Gasteiger charge is 2.39. The highest BCUT2D eigenvalue weighted by Crippen LogP contribution is 2.38. The van der Waals surface area contributed by atoms with Crippen LogP contribution in [0.15, 0.2) is 42.5 Å². The molecule has 0 unspecified atom stereocenters. The van der Waals surface area contributed by atoms with Gasteiger partial charge in [-0.25, -0.2) is 4.79 Å². The second-order valence-electron chi connectivity index (χ2n) is 6.92. The van der Waals surface area contributed by atoms with E-state index in [9.17, 15) is 19.5 Å². The number of benzene rings is 2. The van der Waals surface area contributed by atoms with Gasteiger partial charge >= 0.3 is 6.09 Å². The van der Waals surface area contributed by atoms with Gasteiger partial charge in [-0.05, 0) is 48.1 Å². The van der Waals surface area contributed by atoms with E-state index in [1.54, 1.807) is 11.0 Å². The first-order valence-corrected chi connectivity index (χ1v) is 9.08. The Kier molecular flexibility index (Phi) is 4.39. The van der Waals surface area contributed by atoms with Crippen molar-refractivity contribution in [2.24, 2.45) is 0 Å². The van der Waals surface area contributed by atoms with E-state index in [1.165, 1.54) is 4.90 Å². The predicted molar refractivity (Wildman–Crippen MR) is 101 cm³/mol. The number of carboxylic acid groups (broad SMARTS) is 1. The largest absolute Gasteiger partial charge is 0.465 e. The summed E-state index contributed by atoms with van der Waals surface area (Å²) < 4.78 is 0. The van der Waals surface area contributed by atoms with E-state index in [2.05, 4.69) is 0 Å². The molecule has 1 N–H and O–H groups in total. The number of aldehydes is 1. The minimum Gasteiger partial charge on any atom is -0.465 e. The van der Waals surface area contributed by atoms with E-state index in [0.29, 0.717) is 37.9 Å². The normalized spacial score (nSPS) is 18.4. The van der Waals surface area contributed by atoms with Gasteiger partial charge in [-0.2, -0.15) is 0 Å². The fraction of sp³-hybridized carbons (Fsp3) is 0.286. The van der Waals surface area contributed by atoms with Crippen LogP contribution in [0.4, 0.5) is 10.5 Å². The molecule has 2 heterocycles. The third kappa shape index (κ3) is 2.97. The van der Waals surface area contributed by atoms with E-state index in [-0.39, 0.29) is 5.91 Å². The van der Waals surface area contributed by atoms with Gasteiger partial charge in [0.25, 0.3) is 0 Å². The van der Waals surface area contributed by atoms with E-state index in [1.807, 2.05) is 36.4 Å².